The van der Waals surface area contributed by atoms with E-state index < -0.39 is 11.8 Å². The van der Waals surface area contributed by atoms with E-state index >= 15 is 0 Å². The van der Waals surface area contributed by atoms with Crippen LogP contribution in [0.5, 0.6) is 0 Å². The number of hydrogen-bond donors (Lipinski definition) is 2. The van der Waals surface area contributed by atoms with Crippen LogP contribution in [-0.2, 0) is 16.1 Å². The maximum Gasteiger partial charge on any atom is 0.309 e. The predicted molar refractivity (Wildman–Crippen MR) is 73.8 cm³/mol. The molecular weight excluding hydrogens is 258 g/mol. The monoisotopic (exact) mass is 279 g/mol. The van der Waals surface area contributed by atoms with Gasteiger partial charge in [0.2, 0.25) is 0 Å². The van der Waals surface area contributed by atoms with E-state index in [2.05, 4.69) is 15.5 Å². The van der Waals surface area contributed by atoms with E-state index in [4.69, 9.17) is 4.42 Å². The highest BCUT2D eigenvalue weighted by Gasteiger charge is 2.21. The first-order chi connectivity index (χ1) is 9.69. The van der Waals surface area contributed by atoms with Crippen molar-refractivity contribution in [2.45, 2.75) is 19.4 Å². The molecule has 1 fully saturated rings. The molecule has 1 aromatic rings. The molecule has 1 aliphatic heterocycles. The zero-order valence-electron chi connectivity index (χ0n) is 11.7. The number of nitrogens with zero attached hydrogens (tertiary/aromatic N) is 1. The van der Waals surface area contributed by atoms with Gasteiger partial charge in [0.05, 0.1) is 12.8 Å². The molecule has 1 aromatic heterocycles. The molecule has 6 heteroatoms. The number of carbonyl (C=O) groups excluding carboxylic acids is 2. The Balaban J connectivity index is 1.66. The number of rotatable bonds is 4. The van der Waals surface area contributed by atoms with Crippen LogP contribution in [-0.4, -0.2) is 43.4 Å². The molecule has 0 bridgehead atoms. The Labute approximate surface area is 118 Å². The highest BCUT2D eigenvalue weighted by atomic mass is 16.3. The number of amides is 2. The van der Waals surface area contributed by atoms with Gasteiger partial charge in [-0.3, -0.25) is 14.5 Å². The second-order valence-electron chi connectivity index (χ2n) is 5.09. The number of piperidine rings is 1. The lowest BCUT2D eigenvalue weighted by Gasteiger charge is -2.31. The normalized spacial score (nSPS) is 16.9. The number of likely N-dealkylation sites (tertiary alicyclic amines) is 1. The number of carbonyl (C=O) groups is 2. The van der Waals surface area contributed by atoms with Crippen molar-refractivity contribution in [3.63, 3.8) is 0 Å². The van der Waals surface area contributed by atoms with Crippen molar-refractivity contribution in [1.29, 1.82) is 0 Å². The summed E-state index contributed by atoms with van der Waals surface area (Å²) in [5, 5.41) is 4.99. The smallest absolute Gasteiger partial charge is 0.309 e. The van der Waals surface area contributed by atoms with Gasteiger partial charge in [-0.15, -0.1) is 0 Å². The molecule has 1 saturated heterocycles. The first kappa shape index (κ1) is 14.6. The molecule has 0 saturated carbocycles. The van der Waals surface area contributed by atoms with Crippen LogP contribution in [0.25, 0.3) is 0 Å². The molecule has 0 aliphatic carbocycles. The molecular formula is C14H21N3O3. The Hall–Kier alpha value is -1.82. The quantitative estimate of drug-likeness (QED) is 0.780. The summed E-state index contributed by atoms with van der Waals surface area (Å²) >= 11 is 0. The lowest BCUT2D eigenvalue weighted by Crippen LogP contribution is -2.42. The van der Waals surface area contributed by atoms with Gasteiger partial charge < -0.3 is 15.1 Å². The molecule has 0 atom stereocenters. The maximum absolute atomic E-state index is 11.3. The SMILES string of the molecule is CNC(=O)C(=O)NCC1CCN(Cc2ccco2)CC1. The Morgan fingerprint density at radius 1 is 1.35 bits per heavy atom. The van der Waals surface area contributed by atoms with E-state index in [9.17, 15) is 9.59 Å². The average molecular weight is 279 g/mol. The van der Waals surface area contributed by atoms with Crippen molar-refractivity contribution in [2.24, 2.45) is 5.92 Å². The van der Waals surface area contributed by atoms with E-state index in [1.165, 1.54) is 7.05 Å². The second-order valence-corrected chi connectivity index (χ2v) is 5.09. The fourth-order valence-electron chi connectivity index (χ4n) is 2.40. The first-order valence-electron chi connectivity index (χ1n) is 6.93. The largest absolute Gasteiger partial charge is 0.468 e. The Morgan fingerprint density at radius 2 is 2.10 bits per heavy atom. The van der Waals surface area contributed by atoms with Gasteiger partial charge in [-0.05, 0) is 44.0 Å². The maximum atomic E-state index is 11.3. The van der Waals surface area contributed by atoms with Crippen LogP contribution < -0.4 is 10.6 Å². The van der Waals surface area contributed by atoms with Crippen molar-refractivity contribution < 1.29 is 14.0 Å². The Kier molecular flexibility index (Phi) is 5.17. The highest BCUT2D eigenvalue weighted by molar-refractivity contribution is 6.34. The molecule has 6 nitrogen and oxygen atoms in total. The van der Waals surface area contributed by atoms with Crippen LogP contribution in [0.3, 0.4) is 0 Å². The van der Waals surface area contributed by atoms with Gasteiger partial charge in [0.15, 0.2) is 0 Å². The highest BCUT2D eigenvalue weighted by Crippen LogP contribution is 2.18. The van der Waals surface area contributed by atoms with E-state index in [-0.39, 0.29) is 0 Å². The third kappa shape index (κ3) is 4.09. The van der Waals surface area contributed by atoms with Gasteiger partial charge in [0.25, 0.3) is 0 Å². The molecule has 0 unspecified atom stereocenters. The molecule has 2 heterocycles. The first-order valence-corrected chi connectivity index (χ1v) is 6.93. The van der Waals surface area contributed by atoms with E-state index in [0.29, 0.717) is 12.5 Å². The number of likely N-dealkylation sites (N-methyl/N-ethyl adjacent to an activating group) is 1. The van der Waals surface area contributed by atoms with Crippen LogP contribution >= 0.6 is 0 Å². The Morgan fingerprint density at radius 3 is 2.70 bits per heavy atom. The summed E-state index contributed by atoms with van der Waals surface area (Å²) in [5.74, 6) is 0.290. The zero-order chi connectivity index (χ0) is 14.4. The molecule has 0 radical (unpaired) electrons. The lowest BCUT2D eigenvalue weighted by molar-refractivity contribution is -0.139. The summed E-state index contributed by atoms with van der Waals surface area (Å²) in [4.78, 5) is 24.8. The van der Waals surface area contributed by atoms with Crippen molar-refractivity contribution in [3.8, 4) is 0 Å². The van der Waals surface area contributed by atoms with Crippen molar-refractivity contribution >= 4 is 11.8 Å². The molecule has 2 rings (SSSR count). The summed E-state index contributed by atoms with van der Waals surface area (Å²) in [6, 6.07) is 3.88. The van der Waals surface area contributed by atoms with Crippen molar-refractivity contribution in [3.05, 3.63) is 24.2 Å². The second kappa shape index (κ2) is 7.09. The third-order valence-electron chi connectivity index (χ3n) is 3.65. The summed E-state index contributed by atoms with van der Waals surface area (Å²) < 4.78 is 5.34. The number of nitrogens with one attached hydrogen (secondary N) is 2. The van der Waals surface area contributed by atoms with Gasteiger partial charge in [-0.2, -0.15) is 0 Å². The van der Waals surface area contributed by atoms with Crippen LogP contribution in [0, 0.1) is 5.92 Å². The standard InChI is InChI=1S/C14H21N3O3/c1-15-13(18)14(19)16-9-11-4-6-17(7-5-11)10-12-3-2-8-20-12/h2-3,8,11H,4-7,9-10H2,1H3,(H,15,18)(H,16,19). The lowest BCUT2D eigenvalue weighted by atomic mass is 9.96. The van der Waals surface area contributed by atoms with Gasteiger partial charge in [0, 0.05) is 13.6 Å². The summed E-state index contributed by atoms with van der Waals surface area (Å²) in [7, 11) is 1.45. The van der Waals surface area contributed by atoms with E-state index in [1.54, 1.807) is 6.26 Å². The van der Waals surface area contributed by atoms with Gasteiger partial charge >= 0.3 is 11.8 Å². The molecule has 20 heavy (non-hydrogen) atoms. The van der Waals surface area contributed by atoms with Crippen LogP contribution in [0.15, 0.2) is 22.8 Å². The number of hydrogen-bond acceptors (Lipinski definition) is 4. The fourth-order valence-corrected chi connectivity index (χ4v) is 2.40. The predicted octanol–water partition coefficient (Wildman–Crippen LogP) is 0.354. The number of furan rings is 1. The average Bonchev–Trinajstić information content (AvgIpc) is 2.98. The van der Waals surface area contributed by atoms with E-state index in [0.717, 1.165) is 38.2 Å². The van der Waals surface area contributed by atoms with Crippen LogP contribution in [0.4, 0.5) is 0 Å². The fraction of sp³-hybridized carbons (Fsp3) is 0.571. The molecule has 1 aliphatic rings. The van der Waals surface area contributed by atoms with E-state index in [1.807, 2.05) is 12.1 Å². The van der Waals surface area contributed by atoms with Crippen molar-refractivity contribution in [2.75, 3.05) is 26.7 Å². The summed E-state index contributed by atoms with van der Waals surface area (Å²) in [5.41, 5.74) is 0. The summed E-state index contributed by atoms with van der Waals surface area (Å²) in [6.07, 6.45) is 3.74. The van der Waals surface area contributed by atoms with Gasteiger partial charge in [0.1, 0.15) is 5.76 Å². The summed E-state index contributed by atoms with van der Waals surface area (Å²) in [6.45, 7) is 3.38. The molecule has 2 amide bonds. The minimum atomic E-state index is -0.583. The van der Waals surface area contributed by atoms with Crippen molar-refractivity contribution in [1.82, 2.24) is 15.5 Å². The van der Waals surface area contributed by atoms with Gasteiger partial charge in [-0.25, -0.2) is 0 Å². The van der Waals surface area contributed by atoms with Crippen LogP contribution in [0.2, 0.25) is 0 Å². The van der Waals surface area contributed by atoms with Gasteiger partial charge in [-0.1, -0.05) is 0 Å². The minimum absolute atomic E-state index is 0.441. The molecule has 110 valence electrons. The molecule has 0 spiro atoms. The molecule has 0 aromatic carbocycles. The Bertz CT molecular complexity index is 437. The zero-order valence-corrected chi connectivity index (χ0v) is 11.7. The molecule has 2 N–H and O–H groups in total. The topological polar surface area (TPSA) is 74.6 Å². The third-order valence-corrected chi connectivity index (χ3v) is 3.65. The van der Waals surface area contributed by atoms with Crippen LogP contribution in [0.1, 0.15) is 18.6 Å². The minimum Gasteiger partial charge on any atom is -0.468 e.